The summed E-state index contributed by atoms with van der Waals surface area (Å²) in [6.45, 7) is 8.50. The Morgan fingerprint density at radius 1 is 0.950 bits per heavy atom. The minimum absolute atomic E-state index is 0.488. The summed E-state index contributed by atoms with van der Waals surface area (Å²) < 4.78 is 5.65. The third kappa shape index (κ3) is 6.42. The Morgan fingerprint density at radius 3 is 2.30 bits per heavy atom. The van der Waals surface area contributed by atoms with Gasteiger partial charge in [0.15, 0.2) is 0 Å². The van der Waals surface area contributed by atoms with Crippen molar-refractivity contribution in [1.82, 2.24) is 5.32 Å². The van der Waals surface area contributed by atoms with E-state index in [1.807, 2.05) is 0 Å². The van der Waals surface area contributed by atoms with E-state index in [-0.39, 0.29) is 0 Å². The molecule has 0 radical (unpaired) electrons. The van der Waals surface area contributed by atoms with E-state index < -0.39 is 0 Å². The van der Waals surface area contributed by atoms with E-state index in [0.29, 0.717) is 6.04 Å². The second-order valence-corrected chi connectivity index (χ2v) is 5.42. The molecule has 114 valence electrons. The highest BCUT2D eigenvalue weighted by molar-refractivity contribution is 5.29. The van der Waals surface area contributed by atoms with Crippen LogP contribution >= 0.6 is 0 Å². The van der Waals surface area contributed by atoms with Gasteiger partial charge in [0.25, 0.3) is 0 Å². The highest BCUT2D eigenvalue weighted by Gasteiger charge is 2.10. The fourth-order valence-electron chi connectivity index (χ4n) is 2.32. The number of unbranched alkanes of at least 4 members (excludes halogenated alkanes) is 2. The Balaban J connectivity index is 2.58. The molecule has 0 spiro atoms. The lowest BCUT2D eigenvalue weighted by Crippen LogP contribution is -2.22. The third-order valence-corrected chi connectivity index (χ3v) is 3.49. The maximum Gasteiger partial charge on any atom is 0.119 e. The average molecular weight is 277 g/mol. The molecule has 0 aliphatic carbocycles. The lowest BCUT2D eigenvalue weighted by molar-refractivity contribution is 0.317. The van der Waals surface area contributed by atoms with Crippen molar-refractivity contribution in [2.24, 2.45) is 0 Å². The second-order valence-electron chi connectivity index (χ2n) is 5.42. The zero-order chi connectivity index (χ0) is 14.6. The van der Waals surface area contributed by atoms with Gasteiger partial charge in [-0.05, 0) is 43.5 Å². The van der Waals surface area contributed by atoms with Gasteiger partial charge in [-0.15, -0.1) is 0 Å². The lowest BCUT2D eigenvalue weighted by atomic mass is 10.00. The van der Waals surface area contributed by atoms with Crippen LogP contribution < -0.4 is 10.1 Å². The van der Waals surface area contributed by atoms with Gasteiger partial charge >= 0.3 is 0 Å². The van der Waals surface area contributed by atoms with Crippen LogP contribution in [0.3, 0.4) is 0 Å². The fraction of sp³-hybridized carbons (Fsp3) is 0.667. The van der Waals surface area contributed by atoms with E-state index in [9.17, 15) is 0 Å². The molecule has 0 aliphatic heterocycles. The molecule has 0 heterocycles. The first-order chi connectivity index (χ1) is 9.81. The summed E-state index contributed by atoms with van der Waals surface area (Å²) >= 11 is 0. The van der Waals surface area contributed by atoms with Gasteiger partial charge in [-0.25, -0.2) is 0 Å². The van der Waals surface area contributed by atoms with E-state index >= 15 is 0 Å². The molecule has 0 bridgehead atoms. The van der Waals surface area contributed by atoms with Crippen molar-refractivity contribution in [2.75, 3.05) is 13.2 Å². The standard InChI is InChI=1S/C18H31NO/c1-4-7-8-9-18(19-14-5-2)16-10-12-17(13-11-16)20-15-6-3/h10-13,18-19H,4-9,14-15H2,1-3H3. The first kappa shape index (κ1) is 17.0. The molecule has 1 aromatic carbocycles. The van der Waals surface area contributed by atoms with Crippen molar-refractivity contribution in [3.05, 3.63) is 29.8 Å². The zero-order valence-corrected chi connectivity index (χ0v) is 13.5. The van der Waals surface area contributed by atoms with Crippen molar-refractivity contribution >= 4 is 0 Å². The van der Waals surface area contributed by atoms with Gasteiger partial charge in [-0.3, -0.25) is 0 Å². The molecule has 0 fully saturated rings. The number of rotatable bonds is 11. The molecule has 1 N–H and O–H groups in total. The Labute approximate surface area is 124 Å². The van der Waals surface area contributed by atoms with Crippen molar-refractivity contribution in [1.29, 1.82) is 0 Å². The van der Waals surface area contributed by atoms with E-state index in [4.69, 9.17) is 4.74 Å². The summed E-state index contributed by atoms with van der Waals surface area (Å²) in [4.78, 5) is 0. The van der Waals surface area contributed by atoms with Crippen LogP contribution in [0.2, 0.25) is 0 Å². The zero-order valence-electron chi connectivity index (χ0n) is 13.5. The average Bonchev–Trinajstić information content (AvgIpc) is 2.49. The smallest absolute Gasteiger partial charge is 0.119 e. The molecule has 0 saturated heterocycles. The van der Waals surface area contributed by atoms with E-state index in [1.165, 1.54) is 37.7 Å². The molecule has 0 saturated carbocycles. The van der Waals surface area contributed by atoms with E-state index in [1.54, 1.807) is 0 Å². The summed E-state index contributed by atoms with van der Waals surface area (Å²) in [5.74, 6) is 0.985. The monoisotopic (exact) mass is 277 g/mol. The predicted octanol–water partition coefficient (Wildman–Crippen LogP) is 5.10. The Morgan fingerprint density at radius 2 is 1.70 bits per heavy atom. The molecule has 0 aliphatic rings. The van der Waals surface area contributed by atoms with Crippen LogP contribution in [0.4, 0.5) is 0 Å². The van der Waals surface area contributed by atoms with Gasteiger partial charge in [0.05, 0.1) is 6.61 Å². The first-order valence-electron chi connectivity index (χ1n) is 8.27. The van der Waals surface area contributed by atoms with Crippen molar-refractivity contribution in [3.63, 3.8) is 0 Å². The van der Waals surface area contributed by atoms with Crippen LogP contribution in [0.15, 0.2) is 24.3 Å². The van der Waals surface area contributed by atoms with Gasteiger partial charge in [0.2, 0.25) is 0 Å². The van der Waals surface area contributed by atoms with Gasteiger partial charge in [0.1, 0.15) is 5.75 Å². The summed E-state index contributed by atoms with van der Waals surface area (Å²) in [6, 6.07) is 9.12. The Hall–Kier alpha value is -1.02. The largest absolute Gasteiger partial charge is 0.494 e. The summed E-state index contributed by atoms with van der Waals surface area (Å²) in [7, 11) is 0. The number of nitrogens with one attached hydrogen (secondary N) is 1. The third-order valence-electron chi connectivity index (χ3n) is 3.49. The fourth-order valence-corrected chi connectivity index (χ4v) is 2.32. The molecule has 2 nitrogen and oxygen atoms in total. The highest BCUT2D eigenvalue weighted by atomic mass is 16.5. The van der Waals surface area contributed by atoms with Gasteiger partial charge in [0, 0.05) is 6.04 Å². The number of hydrogen-bond acceptors (Lipinski definition) is 2. The maximum absolute atomic E-state index is 5.65. The summed E-state index contributed by atoms with van der Waals surface area (Å²) in [5.41, 5.74) is 1.39. The topological polar surface area (TPSA) is 21.3 Å². The molecule has 2 heteroatoms. The number of benzene rings is 1. The van der Waals surface area contributed by atoms with Crippen molar-refractivity contribution < 1.29 is 4.74 Å². The molecule has 1 unspecified atom stereocenters. The first-order valence-corrected chi connectivity index (χ1v) is 8.27. The van der Waals surface area contributed by atoms with E-state index in [2.05, 4.69) is 50.4 Å². The lowest BCUT2D eigenvalue weighted by Gasteiger charge is -2.19. The van der Waals surface area contributed by atoms with E-state index in [0.717, 1.165) is 25.3 Å². The minimum atomic E-state index is 0.488. The Kier molecular flexibility index (Phi) is 9.14. The molecule has 0 amide bonds. The number of hydrogen-bond donors (Lipinski definition) is 1. The maximum atomic E-state index is 5.65. The van der Waals surface area contributed by atoms with Crippen molar-refractivity contribution in [2.45, 2.75) is 65.3 Å². The van der Waals surface area contributed by atoms with Gasteiger partial charge in [-0.1, -0.05) is 52.2 Å². The quantitative estimate of drug-likeness (QED) is 0.568. The van der Waals surface area contributed by atoms with Gasteiger partial charge in [-0.2, -0.15) is 0 Å². The summed E-state index contributed by atoms with van der Waals surface area (Å²) in [6.07, 6.45) is 7.36. The molecule has 1 rings (SSSR count). The molecule has 20 heavy (non-hydrogen) atoms. The van der Waals surface area contributed by atoms with Crippen LogP contribution in [0.5, 0.6) is 5.75 Å². The van der Waals surface area contributed by atoms with Crippen molar-refractivity contribution in [3.8, 4) is 5.75 Å². The van der Waals surface area contributed by atoms with Crippen LogP contribution in [0.25, 0.3) is 0 Å². The molecule has 0 aromatic heterocycles. The predicted molar refractivity (Wildman–Crippen MR) is 87.4 cm³/mol. The van der Waals surface area contributed by atoms with Gasteiger partial charge < -0.3 is 10.1 Å². The normalized spacial score (nSPS) is 12.3. The number of ether oxygens (including phenoxy) is 1. The molecule has 1 aromatic rings. The van der Waals surface area contributed by atoms with Crippen LogP contribution in [-0.4, -0.2) is 13.2 Å². The molecule has 1 atom stereocenters. The molecular formula is C18H31NO. The Bertz CT molecular complexity index is 334. The van der Waals surface area contributed by atoms with Crippen LogP contribution in [-0.2, 0) is 0 Å². The van der Waals surface area contributed by atoms with Crippen LogP contribution in [0.1, 0.15) is 70.9 Å². The van der Waals surface area contributed by atoms with Crippen LogP contribution in [0, 0.1) is 0 Å². The molecular weight excluding hydrogens is 246 g/mol. The minimum Gasteiger partial charge on any atom is -0.494 e. The second kappa shape index (κ2) is 10.7. The SMILES string of the molecule is CCCCCC(NCCC)c1ccc(OCCC)cc1. The summed E-state index contributed by atoms with van der Waals surface area (Å²) in [5, 5.41) is 3.67. The highest BCUT2D eigenvalue weighted by Crippen LogP contribution is 2.22.